The molecule has 106 valence electrons. The molecule has 1 aromatic carbocycles. The molecule has 0 N–H and O–H groups in total. The van der Waals surface area contributed by atoms with Gasteiger partial charge in [0.1, 0.15) is 0 Å². The Hall–Kier alpha value is -1.51. The van der Waals surface area contributed by atoms with Crippen LogP contribution in [0.3, 0.4) is 0 Å². The highest BCUT2D eigenvalue weighted by molar-refractivity contribution is 6.48. The second-order valence-electron chi connectivity index (χ2n) is 3.61. The lowest BCUT2D eigenvalue weighted by molar-refractivity contribution is -0.279. The maximum Gasteiger partial charge on any atom is 0.411 e. The molecule has 1 rings (SSSR count). The van der Waals surface area contributed by atoms with Gasteiger partial charge in [-0.25, -0.2) is 0 Å². The van der Waals surface area contributed by atoms with Crippen LogP contribution in [0, 0.1) is 5.92 Å². The van der Waals surface area contributed by atoms with Crippen LogP contribution in [-0.2, 0) is 9.22 Å². The summed E-state index contributed by atoms with van der Waals surface area (Å²) in [6.45, 7) is 0. The molecule has 0 amide bonds. The average Bonchev–Trinajstić information content (AvgIpc) is 2.24. The van der Waals surface area contributed by atoms with Gasteiger partial charge in [0, 0.05) is 0 Å². The highest BCUT2D eigenvalue weighted by Gasteiger charge is 2.62. The maximum atomic E-state index is 12.2. The van der Waals surface area contributed by atoms with Gasteiger partial charge in [-0.15, -0.1) is 0 Å². The van der Waals surface area contributed by atoms with Gasteiger partial charge in [-0.1, -0.05) is 30.3 Å². The zero-order chi connectivity index (χ0) is 14.7. The number of carbonyl (C=O) groups excluding carboxylic acids is 1. The van der Waals surface area contributed by atoms with Gasteiger partial charge in [0.25, 0.3) is 9.76 Å². The molecule has 0 saturated heterocycles. The molecule has 9 heteroatoms. The summed E-state index contributed by atoms with van der Waals surface area (Å²) in [5.74, 6) is -6.38. The van der Waals surface area contributed by atoms with E-state index in [9.17, 15) is 31.1 Å². The molecule has 0 radical (unpaired) electrons. The summed E-state index contributed by atoms with van der Waals surface area (Å²) in [5, 5.41) is 0.430. The molecule has 0 saturated carbocycles. The van der Waals surface area contributed by atoms with E-state index in [1.165, 1.54) is 12.1 Å². The van der Waals surface area contributed by atoms with Crippen LogP contribution in [0.5, 0.6) is 0 Å². The third-order valence-corrected chi connectivity index (χ3v) is 3.35. The Kier molecular flexibility index (Phi) is 4.61. The second kappa shape index (κ2) is 5.64. The summed E-state index contributed by atoms with van der Waals surface area (Å²) >= 11 is 0. The molecule has 0 atom stereocenters. The molecule has 19 heavy (non-hydrogen) atoms. The smallest absolute Gasteiger partial charge is 0.411 e. The van der Waals surface area contributed by atoms with Crippen LogP contribution in [0.25, 0.3) is 0 Å². The predicted octanol–water partition coefficient (Wildman–Crippen LogP) is 1.68. The molecule has 0 aliphatic carbocycles. The number of alkyl halides is 6. The molecule has 0 aromatic heterocycles. The van der Waals surface area contributed by atoms with E-state index in [1.807, 2.05) is 0 Å². The van der Waals surface area contributed by atoms with Gasteiger partial charge in [-0.05, 0) is 5.19 Å². The first-order valence-corrected chi connectivity index (χ1v) is 6.25. The SMILES string of the molecule is O=C(O[SiH2]c1ccccc1)C(C(F)(F)F)C(F)(F)F. The standard InChI is InChI=1S/C10H8F6O2Si/c11-9(12,13)7(10(14,15)16)8(17)18-19-6-4-2-1-3-5-6/h1-5,7H,19H2. The van der Waals surface area contributed by atoms with Crippen molar-refractivity contribution in [3.05, 3.63) is 30.3 Å². The van der Waals surface area contributed by atoms with E-state index in [0.29, 0.717) is 5.19 Å². The third kappa shape index (κ3) is 4.58. The van der Waals surface area contributed by atoms with Crippen LogP contribution in [0.15, 0.2) is 30.3 Å². The summed E-state index contributed by atoms with van der Waals surface area (Å²) < 4.78 is 77.3. The highest BCUT2D eigenvalue weighted by Crippen LogP contribution is 2.39. The lowest BCUT2D eigenvalue weighted by Gasteiger charge is -2.21. The number of hydrogen-bond acceptors (Lipinski definition) is 2. The van der Waals surface area contributed by atoms with Gasteiger partial charge < -0.3 is 4.43 Å². The molecule has 0 fully saturated rings. The van der Waals surface area contributed by atoms with Crippen molar-refractivity contribution in [2.45, 2.75) is 12.4 Å². The van der Waals surface area contributed by atoms with Crippen molar-refractivity contribution in [1.82, 2.24) is 0 Å². The summed E-state index contributed by atoms with van der Waals surface area (Å²) in [6, 6.07) is 7.64. The molecule has 0 unspecified atom stereocenters. The molecule has 0 bridgehead atoms. The topological polar surface area (TPSA) is 26.3 Å². The Labute approximate surface area is 106 Å². The first kappa shape index (κ1) is 15.5. The van der Waals surface area contributed by atoms with Crippen LogP contribution in [0.1, 0.15) is 0 Å². The summed E-state index contributed by atoms with van der Waals surface area (Å²) in [4.78, 5) is 11.0. The van der Waals surface area contributed by atoms with Crippen molar-refractivity contribution in [2.24, 2.45) is 5.92 Å². The third-order valence-electron chi connectivity index (χ3n) is 2.11. The fourth-order valence-corrected chi connectivity index (χ4v) is 2.21. The monoisotopic (exact) mass is 302 g/mol. The van der Waals surface area contributed by atoms with E-state index in [0.717, 1.165) is 0 Å². The maximum absolute atomic E-state index is 12.2. The fourth-order valence-electron chi connectivity index (χ4n) is 1.26. The molecular weight excluding hydrogens is 294 g/mol. The molecule has 0 aliphatic heterocycles. The number of hydrogen-bond donors (Lipinski definition) is 0. The van der Waals surface area contributed by atoms with Crippen molar-refractivity contribution in [3.63, 3.8) is 0 Å². The minimum atomic E-state index is -5.71. The van der Waals surface area contributed by atoms with E-state index in [1.54, 1.807) is 18.2 Å². The Balaban J connectivity index is 2.74. The Morgan fingerprint density at radius 1 is 1.00 bits per heavy atom. The van der Waals surface area contributed by atoms with Gasteiger partial charge in [0.05, 0.1) is 0 Å². The number of halogens is 6. The van der Waals surface area contributed by atoms with Crippen molar-refractivity contribution in [2.75, 3.05) is 0 Å². The van der Waals surface area contributed by atoms with E-state index in [-0.39, 0.29) is 0 Å². The Bertz CT molecular complexity index is 414. The van der Waals surface area contributed by atoms with Crippen LogP contribution in [0.2, 0.25) is 0 Å². The zero-order valence-electron chi connectivity index (χ0n) is 9.26. The summed E-state index contributed by atoms with van der Waals surface area (Å²) in [7, 11) is -1.97. The molecule has 0 spiro atoms. The van der Waals surface area contributed by atoms with Gasteiger partial charge in [-0.2, -0.15) is 26.3 Å². The molecule has 1 aromatic rings. The molecule has 0 aliphatic rings. The molecular formula is C10H8F6O2Si. The van der Waals surface area contributed by atoms with E-state index >= 15 is 0 Å². The zero-order valence-corrected chi connectivity index (χ0v) is 10.7. The van der Waals surface area contributed by atoms with Crippen LogP contribution in [-0.4, -0.2) is 28.1 Å². The normalized spacial score (nSPS) is 13.2. The predicted molar refractivity (Wildman–Crippen MR) is 56.3 cm³/mol. The lowest BCUT2D eigenvalue weighted by Crippen LogP contribution is -2.44. The number of carbonyl (C=O) groups is 1. The first-order valence-electron chi connectivity index (χ1n) is 4.96. The highest BCUT2D eigenvalue weighted by atomic mass is 28.2. The van der Waals surface area contributed by atoms with Crippen molar-refractivity contribution >= 4 is 20.9 Å². The number of benzene rings is 1. The van der Waals surface area contributed by atoms with Crippen molar-refractivity contribution < 1.29 is 35.6 Å². The lowest BCUT2D eigenvalue weighted by atomic mass is 10.1. The molecule has 2 nitrogen and oxygen atoms in total. The van der Waals surface area contributed by atoms with E-state index in [4.69, 9.17) is 0 Å². The van der Waals surface area contributed by atoms with Crippen molar-refractivity contribution in [3.8, 4) is 0 Å². The van der Waals surface area contributed by atoms with Gasteiger partial charge >= 0.3 is 18.3 Å². The van der Waals surface area contributed by atoms with Gasteiger partial charge in [0.2, 0.25) is 5.92 Å². The first-order chi connectivity index (χ1) is 8.62. The Morgan fingerprint density at radius 2 is 1.47 bits per heavy atom. The van der Waals surface area contributed by atoms with E-state index in [2.05, 4.69) is 4.43 Å². The van der Waals surface area contributed by atoms with Crippen LogP contribution >= 0.6 is 0 Å². The summed E-state index contributed by atoms with van der Waals surface area (Å²) in [6.07, 6.45) is -11.4. The fraction of sp³-hybridized carbons (Fsp3) is 0.300. The minimum absolute atomic E-state index is 0.430. The second-order valence-corrected chi connectivity index (χ2v) is 5.00. The Morgan fingerprint density at radius 3 is 1.89 bits per heavy atom. The molecule has 0 heterocycles. The largest absolute Gasteiger partial charge is 0.520 e. The minimum Gasteiger partial charge on any atom is -0.520 e. The van der Waals surface area contributed by atoms with Crippen LogP contribution in [0.4, 0.5) is 26.3 Å². The van der Waals surface area contributed by atoms with Crippen LogP contribution < -0.4 is 5.19 Å². The van der Waals surface area contributed by atoms with Crippen molar-refractivity contribution in [1.29, 1.82) is 0 Å². The summed E-state index contributed by atoms with van der Waals surface area (Å²) in [5.41, 5.74) is 0. The van der Waals surface area contributed by atoms with Gasteiger partial charge in [-0.3, -0.25) is 4.79 Å². The average molecular weight is 302 g/mol. The number of rotatable bonds is 3. The van der Waals surface area contributed by atoms with E-state index < -0.39 is 34.0 Å². The van der Waals surface area contributed by atoms with Gasteiger partial charge in [0.15, 0.2) is 0 Å². The quantitative estimate of drug-likeness (QED) is 0.627.